The molecule has 5 heteroatoms. The molecule has 0 aromatic rings. The molecule has 1 unspecified atom stereocenters. The molecule has 11 heavy (non-hydrogen) atoms. The van der Waals surface area contributed by atoms with Crippen molar-refractivity contribution < 1.29 is 14.7 Å². The quantitative estimate of drug-likeness (QED) is 0.470. The topological polar surface area (TPSA) is 92.4 Å². The number of nitrogens with two attached hydrogens (primary N) is 1. The van der Waals surface area contributed by atoms with Crippen LogP contribution < -0.4 is 11.1 Å². The first-order chi connectivity index (χ1) is 5.04. The van der Waals surface area contributed by atoms with Crippen molar-refractivity contribution in [2.24, 2.45) is 11.7 Å². The van der Waals surface area contributed by atoms with Gasteiger partial charge in [0.1, 0.15) is 0 Å². The number of carbonyl (C=O) groups excluding carboxylic acids is 1. The van der Waals surface area contributed by atoms with E-state index in [0.29, 0.717) is 6.54 Å². The van der Waals surface area contributed by atoms with E-state index in [2.05, 4.69) is 5.32 Å². The molecule has 1 amide bonds. The minimum absolute atomic E-state index is 0.141. The molecule has 0 radical (unpaired) electrons. The summed E-state index contributed by atoms with van der Waals surface area (Å²) in [7, 11) is 0. The second kappa shape index (κ2) is 4.68. The smallest absolute Gasteiger partial charge is 0.317 e. The van der Waals surface area contributed by atoms with Crippen LogP contribution in [0.25, 0.3) is 0 Å². The van der Waals surface area contributed by atoms with E-state index in [1.807, 2.05) is 0 Å². The van der Waals surface area contributed by atoms with Crippen LogP contribution in [0.1, 0.15) is 6.92 Å². The Balaban J connectivity index is 3.39. The fourth-order valence-electron chi connectivity index (χ4n) is 0.496. The molecular weight excluding hydrogens is 148 g/mol. The minimum atomic E-state index is -0.943. The molecule has 0 heterocycles. The fraction of sp³-hybridized carbons (Fsp3) is 0.667. The molecule has 0 aliphatic rings. The molecule has 64 valence electrons. The molecule has 0 aliphatic carbocycles. The van der Waals surface area contributed by atoms with Crippen LogP contribution >= 0.6 is 0 Å². The van der Waals surface area contributed by atoms with Crippen LogP contribution in [0.3, 0.4) is 0 Å². The first-order valence-electron chi connectivity index (χ1n) is 3.26. The van der Waals surface area contributed by atoms with Gasteiger partial charge in [-0.3, -0.25) is 9.59 Å². The molecule has 0 spiro atoms. The monoisotopic (exact) mass is 160 g/mol. The molecule has 0 aromatic heterocycles. The molecule has 1 atom stereocenters. The number of hydrogen-bond acceptors (Lipinski definition) is 3. The van der Waals surface area contributed by atoms with Gasteiger partial charge in [-0.2, -0.15) is 0 Å². The summed E-state index contributed by atoms with van der Waals surface area (Å²) in [5.41, 5.74) is 4.93. The highest BCUT2D eigenvalue weighted by Gasteiger charge is 2.07. The second-order valence-corrected chi connectivity index (χ2v) is 2.33. The Morgan fingerprint density at radius 2 is 2.18 bits per heavy atom. The lowest BCUT2D eigenvalue weighted by atomic mass is 10.2. The Morgan fingerprint density at radius 3 is 2.55 bits per heavy atom. The first-order valence-corrected chi connectivity index (χ1v) is 3.26. The van der Waals surface area contributed by atoms with Gasteiger partial charge in [-0.25, -0.2) is 0 Å². The summed E-state index contributed by atoms with van der Waals surface area (Å²) >= 11 is 0. The molecule has 0 aliphatic heterocycles. The van der Waals surface area contributed by atoms with Gasteiger partial charge in [0.05, 0.1) is 6.54 Å². The van der Waals surface area contributed by atoms with E-state index in [-0.39, 0.29) is 12.5 Å². The lowest BCUT2D eigenvalue weighted by molar-refractivity contribution is -0.136. The van der Waals surface area contributed by atoms with Gasteiger partial charge >= 0.3 is 5.97 Å². The van der Waals surface area contributed by atoms with Crippen molar-refractivity contribution in [2.75, 3.05) is 13.1 Å². The summed E-state index contributed by atoms with van der Waals surface area (Å²) < 4.78 is 0. The number of carboxylic acids is 1. The van der Waals surface area contributed by atoms with Gasteiger partial charge in [0, 0.05) is 12.5 Å². The largest absolute Gasteiger partial charge is 0.480 e. The van der Waals surface area contributed by atoms with Gasteiger partial charge in [0.2, 0.25) is 5.91 Å². The number of carboxylic acid groups (broad SMARTS) is 1. The van der Waals surface area contributed by atoms with Crippen LogP contribution in [0.4, 0.5) is 0 Å². The Labute approximate surface area is 64.6 Å². The van der Waals surface area contributed by atoms with Crippen molar-refractivity contribution in [1.82, 2.24) is 5.32 Å². The van der Waals surface area contributed by atoms with Crippen LogP contribution in [0.2, 0.25) is 0 Å². The molecule has 4 N–H and O–H groups in total. The summed E-state index contributed by atoms with van der Waals surface area (Å²) in [5.74, 6) is -1.70. The Kier molecular flexibility index (Phi) is 4.21. The second-order valence-electron chi connectivity index (χ2n) is 2.33. The fourth-order valence-corrected chi connectivity index (χ4v) is 0.496. The van der Waals surface area contributed by atoms with Gasteiger partial charge in [-0.1, -0.05) is 6.92 Å². The number of hydrogen-bond donors (Lipinski definition) is 3. The van der Waals surface area contributed by atoms with Crippen molar-refractivity contribution >= 4 is 11.9 Å². The van der Waals surface area contributed by atoms with Crippen molar-refractivity contribution in [1.29, 1.82) is 0 Å². The first kappa shape index (κ1) is 9.90. The third kappa shape index (κ3) is 5.35. The van der Waals surface area contributed by atoms with Gasteiger partial charge < -0.3 is 16.2 Å². The molecular formula is C6H12N2O3. The molecule has 0 rings (SSSR count). The maximum absolute atomic E-state index is 10.4. The Hall–Kier alpha value is -1.10. The molecule has 0 fully saturated rings. The summed E-state index contributed by atoms with van der Waals surface area (Å²) in [6.07, 6.45) is 0. The normalized spacial score (nSPS) is 12.5. The number of aliphatic carboxylic acids is 1. The third-order valence-electron chi connectivity index (χ3n) is 1.21. The van der Waals surface area contributed by atoms with Gasteiger partial charge in [-0.15, -0.1) is 0 Å². The zero-order valence-corrected chi connectivity index (χ0v) is 6.33. The Bertz CT molecular complexity index is 158. The number of rotatable bonds is 5. The Morgan fingerprint density at radius 1 is 1.64 bits per heavy atom. The van der Waals surface area contributed by atoms with E-state index in [9.17, 15) is 9.59 Å². The van der Waals surface area contributed by atoms with E-state index >= 15 is 0 Å². The van der Waals surface area contributed by atoms with E-state index < -0.39 is 11.9 Å². The maximum Gasteiger partial charge on any atom is 0.317 e. The van der Waals surface area contributed by atoms with Crippen molar-refractivity contribution in [3.63, 3.8) is 0 Å². The predicted octanol–water partition coefficient (Wildman–Crippen LogP) is -1.22. The molecule has 5 nitrogen and oxygen atoms in total. The van der Waals surface area contributed by atoms with E-state index in [1.165, 1.54) is 0 Å². The highest BCUT2D eigenvalue weighted by atomic mass is 16.4. The highest BCUT2D eigenvalue weighted by Crippen LogP contribution is 1.88. The predicted molar refractivity (Wildman–Crippen MR) is 38.9 cm³/mol. The van der Waals surface area contributed by atoms with Crippen LogP contribution in [0.15, 0.2) is 0 Å². The van der Waals surface area contributed by atoms with Crippen LogP contribution in [0.5, 0.6) is 0 Å². The SMILES string of the molecule is CC(CNCC(=O)O)C(N)=O. The zero-order chi connectivity index (χ0) is 8.85. The number of primary amides is 1. The van der Waals surface area contributed by atoms with Crippen LogP contribution in [-0.2, 0) is 9.59 Å². The summed E-state index contributed by atoms with van der Waals surface area (Å²) in [5, 5.41) is 10.8. The van der Waals surface area contributed by atoms with Gasteiger partial charge in [0.15, 0.2) is 0 Å². The van der Waals surface area contributed by atoms with Crippen molar-refractivity contribution in [2.45, 2.75) is 6.92 Å². The molecule has 0 saturated carbocycles. The average Bonchev–Trinajstić information content (AvgIpc) is 1.86. The van der Waals surface area contributed by atoms with E-state index in [1.54, 1.807) is 6.92 Å². The number of amides is 1. The molecule has 0 aromatic carbocycles. The lowest BCUT2D eigenvalue weighted by Crippen LogP contribution is -2.33. The maximum atomic E-state index is 10.4. The van der Waals surface area contributed by atoms with Crippen LogP contribution in [0, 0.1) is 5.92 Å². The van der Waals surface area contributed by atoms with E-state index in [4.69, 9.17) is 10.8 Å². The third-order valence-corrected chi connectivity index (χ3v) is 1.21. The van der Waals surface area contributed by atoms with Gasteiger partial charge in [-0.05, 0) is 0 Å². The summed E-state index contributed by atoms with van der Waals surface area (Å²) in [6.45, 7) is 1.80. The average molecular weight is 160 g/mol. The summed E-state index contributed by atoms with van der Waals surface area (Å²) in [4.78, 5) is 20.4. The summed E-state index contributed by atoms with van der Waals surface area (Å²) in [6, 6.07) is 0. The standard InChI is InChI=1S/C6H12N2O3/c1-4(6(7)11)2-8-3-5(9)10/h4,8H,2-3H2,1H3,(H2,7,11)(H,9,10). The van der Waals surface area contributed by atoms with Crippen molar-refractivity contribution in [3.05, 3.63) is 0 Å². The van der Waals surface area contributed by atoms with E-state index in [0.717, 1.165) is 0 Å². The van der Waals surface area contributed by atoms with Crippen molar-refractivity contribution in [3.8, 4) is 0 Å². The van der Waals surface area contributed by atoms with Gasteiger partial charge in [0.25, 0.3) is 0 Å². The lowest BCUT2D eigenvalue weighted by Gasteiger charge is -2.05. The zero-order valence-electron chi connectivity index (χ0n) is 6.33. The highest BCUT2D eigenvalue weighted by molar-refractivity contribution is 5.76. The van der Waals surface area contributed by atoms with Crippen LogP contribution in [-0.4, -0.2) is 30.1 Å². The number of nitrogens with one attached hydrogen (secondary N) is 1. The minimum Gasteiger partial charge on any atom is -0.480 e. The molecule has 0 saturated heterocycles. The number of carbonyl (C=O) groups is 2. The molecule has 0 bridgehead atoms.